The number of aliphatic hydroxyl groups is 1. The van der Waals surface area contributed by atoms with Gasteiger partial charge in [-0.3, -0.25) is 29.3 Å². The molecule has 14 heteroatoms. The molecule has 68 heavy (non-hydrogen) atoms. The summed E-state index contributed by atoms with van der Waals surface area (Å²) in [4.78, 5) is 72.6. The molecule has 9 rings (SSSR count). The number of halogens is 2. The Kier molecular flexibility index (Phi) is 14.1. The van der Waals surface area contributed by atoms with Gasteiger partial charge in [0.2, 0.25) is 17.7 Å². The van der Waals surface area contributed by atoms with E-state index in [1.165, 1.54) is 34.7 Å². The molecule has 2 heterocycles. The second-order valence-corrected chi connectivity index (χ2v) is 18.7. The average molecular weight is 923 g/mol. The van der Waals surface area contributed by atoms with Crippen LogP contribution in [-0.2, 0) is 27.2 Å². The lowest BCUT2D eigenvalue weighted by Gasteiger charge is -2.24. The topological polar surface area (TPSA) is 160 Å². The van der Waals surface area contributed by atoms with Gasteiger partial charge in [0.25, 0.3) is 11.8 Å². The lowest BCUT2D eigenvalue weighted by Crippen LogP contribution is -2.46. The van der Waals surface area contributed by atoms with Crippen molar-refractivity contribution >= 4 is 29.5 Å². The fourth-order valence-corrected chi connectivity index (χ4v) is 9.94. The summed E-state index contributed by atoms with van der Waals surface area (Å²) in [6.07, 6.45) is 1.52. The third kappa shape index (κ3) is 11.0. The Morgan fingerprint density at radius 2 is 0.956 bits per heavy atom. The zero-order valence-electron chi connectivity index (χ0n) is 37.6. The van der Waals surface area contributed by atoms with Gasteiger partial charge in [-0.05, 0) is 96.5 Å². The van der Waals surface area contributed by atoms with Gasteiger partial charge in [0.05, 0.1) is 17.8 Å². The minimum atomic E-state index is -1.03. The third-order valence-corrected chi connectivity index (χ3v) is 14.1. The molecule has 2 saturated heterocycles. The number of hydrogen-bond donors (Lipinski definition) is 5. The number of aliphatic hydroxyl groups excluding tert-OH is 1. The minimum absolute atomic E-state index is 0.0210. The first kappa shape index (κ1) is 46.3. The van der Waals surface area contributed by atoms with E-state index in [4.69, 9.17) is 0 Å². The van der Waals surface area contributed by atoms with Crippen molar-refractivity contribution < 1.29 is 37.9 Å². The predicted molar refractivity (Wildman–Crippen MR) is 251 cm³/mol. The van der Waals surface area contributed by atoms with E-state index >= 15 is 0 Å². The van der Waals surface area contributed by atoms with Crippen LogP contribution >= 0.6 is 0 Å². The fraction of sp³-hybridized carbons (Fsp3) is 0.352. The molecule has 4 aliphatic rings. The van der Waals surface area contributed by atoms with Crippen LogP contribution in [0.1, 0.15) is 67.6 Å². The molecule has 5 aromatic rings. The van der Waals surface area contributed by atoms with Gasteiger partial charge in [0, 0.05) is 80.2 Å². The number of carbonyl (C=O) groups excluding carboxylic acids is 5. The van der Waals surface area contributed by atoms with Crippen LogP contribution in [0.25, 0.3) is 0 Å². The van der Waals surface area contributed by atoms with Gasteiger partial charge in [0.15, 0.2) is 0 Å². The Morgan fingerprint density at radius 3 is 1.44 bits per heavy atom. The van der Waals surface area contributed by atoms with E-state index < -0.39 is 35.8 Å². The molecule has 0 bridgehead atoms. The van der Waals surface area contributed by atoms with Crippen LogP contribution in [0.2, 0.25) is 0 Å². The number of carbonyl (C=O) groups is 5. The van der Waals surface area contributed by atoms with Crippen molar-refractivity contribution in [3.8, 4) is 0 Å². The maximum atomic E-state index is 14.2. The van der Waals surface area contributed by atoms with E-state index in [0.29, 0.717) is 18.4 Å². The summed E-state index contributed by atoms with van der Waals surface area (Å²) in [5, 5.41) is 24.0. The molecule has 2 saturated carbocycles. The van der Waals surface area contributed by atoms with Crippen molar-refractivity contribution in [2.75, 3.05) is 39.3 Å². The van der Waals surface area contributed by atoms with Crippen molar-refractivity contribution in [2.24, 2.45) is 23.7 Å². The quantitative estimate of drug-likeness (QED) is 0.0803. The molecular formula is C54H56F2N6O6. The first-order valence-corrected chi connectivity index (χ1v) is 23.6. The molecule has 352 valence electrons. The van der Waals surface area contributed by atoms with Crippen LogP contribution in [0.3, 0.4) is 0 Å². The average Bonchev–Trinajstić information content (AvgIpc) is 4.20. The lowest BCUT2D eigenvalue weighted by atomic mass is 9.93. The molecule has 2 aliphatic carbocycles. The molecule has 0 radical (unpaired) electrons. The van der Waals surface area contributed by atoms with Crippen molar-refractivity contribution in [2.45, 2.75) is 55.8 Å². The molecule has 0 aromatic heterocycles. The highest BCUT2D eigenvalue weighted by Gasteiger charge is 2.49. The van der Waals surface area contributed by atoms with Crippen molar-refractivity contribution in [3.05, 3.63) is 178 Å². The van der Waals surface area contributed by atoms with Crippen LogP contribution in [0, 0.1) is 35.3 Å². The van der Waals surface area contributed by atoms with Gasteiger partial charge in [-0.2, -0.15) is 0 Å². The largest absolute Gasteiger partial charge is 0.378 e. The third-order valence-electron chi connectivity index (χ3n) is 14.1. The summed E-state index contributed by atoms with van der Waals surface area (Å²) < 4.78 is 26.9. The summed E-state index contributed by atoms with van der Waals surface area (Å²) in [6, 6.07) is 38.3. The Balaban J connectivity index is 0.848. The number of amides is 5. The summed E-state index contributed by atoms with van der Waals surface area (Å²) >= 11 is 0. The standard InChI is InChI=1S/C54H56F2N6O6/c55-39-19-11-33(12-20-39)23-25-57-49(63)43-29-61(30-44(43)50(64)58-26-24-34-13-21-40(56)22-14-34)53(67)37-15-17-38(18-16-37)54(68)62-31-45(51(65)59-47-27-41(47)35-7-3-1-4-8-35)46(32-62)52(66)60-48-28-42(48)36-9-5-2-6-10-36/h1-22,41-48,51,59,65H,23-32H2,(H,57,63)(H,58,64)(H,60,66)/t41-,42-,43+,44+,45-,46-,47+,48+,51?/m1/s1. The first-order chi connectivity index (χ1) is 33.0. The SMILES string of the molecule is O=C(NCCc1ccc(F)cc1)[C@H]1CN(C(=O)c2ccc(C(=O)N3C[C@@H](C(=O)N[C@H]4C[C@@H]4c4ccccc4)[C@H](C(O)N[C@H]4C[C@@H]4c4ccccc4)C3)cc2)C[C@@H]1C(=O)NCCc1ccc(F)cc1. The highest BCUT2D eigenvalue weighted by atomic mass is 19.1. The minimum Gasteiger partial charge on any atom is -0.378 e. The number of nitrogens with zero attached hydrogens (tertiary/aromatic N) is 2. The maximum absolute atomic E-state index is 14.2. The van der Waals surface area contributed by atoms with Gasteiger partial charge in [-0.1, -0.05) is 84.9 Å². The summed E-state index contributed by atoms with van der Waals surface area (Å²) in [6.45, 7) is 0.701. The summed E-state index contributed by atoms with van der Waals surface area (Å²) in [5.74, 6) is -4.93. The van der Waals surface area contributed by atoms with Crippen LogP contribution in [0.15, 0.2) is 133 Å². The van der Waals surface area contributed by atoms with E-state index in [1.807, 2.05) is 36.4 Å². The fourth-order valence-electron chi connectivity index (χ4n) is 9.94. The van der Waals surface area contributed by atoms with Gasteiger partial charge < -0.3 is 30.9 Å². The molecule has 2 aliphatic heterocycles. The number of likely N-dealkylation sites (tertiary alicyclic amines) is 2. The number of benzene rings is 5. The van der Waals surface area contributed by atoms with Gasteiger partial charge in [-0.15, -0.1) is 0 Å². The molecule has 5 aromatic carbocycles. The smallest absolute Gasteiger partial charge is 0.253 e. The molecule has 5 amide bonds. The van der Waals surface area contributed by atoms with E-state index in [0.717, 1.165) is 29.5 Å². The van der Waals surface area contributed by atoms with Crippen molar-refractivity contribution in [1.82, 2.24) is 31.1 Å². The Hall–Kier alpha value is -6.77. The first-order valence-electron chi connectivity index (χ1n) is 23.6. The van der Waals surface area contributed by atoms with Gasteiger partial charge in [0.1, 0.15) is 17.9 Å². The van der Waals surface area contributed by atoms with Crippen LogP contribution in [-0.4, -0.2) is 102 Å². The van der Waals surface area contributed by atoms with Gasteiger partial charge >= 0.3 is 0 Å². The van der Waals surface area contributed by atoms with Crippen LogP contribution in [0.4, 0.5) is 8.78 Å². The van der Waals surface area contributed by atoms with Crippen molar-refractivity contribution in [3.63, 3.8) is 0 Å². The highest BCUT2D eigenvalue weighted by Crippen LogP contribution is 2.43. The van der Waals surface area contributed by atoms with E-state index in [-0.39, 0.29) is 104 Å². The molecule has 0 spiro atoms. The number of nitrogens with one attached hydrogen (secondary N) is 4. The Labute approximate surface area is 394 Å². The molecule has 5 N–H and O–H groups in total. The summed E-state index contributed by atoms with van der Waals surface area (Å²) in [7, 11) is 0. The zero-order valence-corrected chi connectivity index (χ0v) is 37.6. The monoisotopic (exact) mass is 922 g/mol. The predicted octanol–water partition coefficient (Wildman–Crippen LogP) is 5.20. The molecule has 1 unspecified atom stereocenters. The van der Waals surface area contributed by atoms with Crippen LogP contribution in [0.5, 0.6) is 0 Å². The van der Waals surface area contributed by atoms with Crippen molar-refractivity contribution in [1.29, 1.82) is 0 Å². The summed E-state index contributed by atoms with van der Waals surface area (Å²) in [5.41, 5.74) is 4.57. The van der Waals surface area contributed by atoms with E-state index in [1.54, 1.807) is 53.4 Å². The second kappa shape index (κ2) is 20.6. The van der Waals surface area contributed by atoms with Crippen LogP contribution < -0.4 is 21.3 Å². The molecule has 9 atom stereocenters. The Bertz CT molecular complexity index is 2510. The van der Waals surface area contributed by atoms with Gasteiger partial charge in [-0.25, -0.2) is 8.78 Å². The Morgan fingerprint density at radius 1 is 0.529 bits per heavy atom. The molecule has 12 nitrogen and oxygen atoms in total. The molecule has 4 fully saturated rings. The van der Waals surface area contributed by atoms with E-state index in [9.17, 15) is 37.9 Å². The highest BCUT2D eigenvalue weighted by molar-refractivity contribution is 5.99. The lowest BCUT2D eigenvalue weighted by molar-refractivity contribution is -0.132. The van der Waals surface area contributed by atoms with E-state index in [2.05, 4.69) is 45.5 Å². The zero-order chi connectivity index (χ0) is 47.3. The number of hydrogen-bond acceptors (Lipinski definition) is 7. The molecular weight excluding hydrogens is 867 g/mol. The number of rotatable bonds is 17. The maximum Gasteiger partial charge on any atom is 0.253 e. The second-order valence-electron chi connectivity index (χ2n) is 18.7. The normalized spacial score (nSPS) is 24.2.